The van der Waals surface area contributed by atoms with E-state index >= 15 is 0 Å². The first-order valence-corrected chi connectivity index (χ1v) is 8.20. The van der Waals surface area contributed by atoms with Crippen LogP contribution in [0.3, 0.4) is 0 Å². The number of amides is 1. The topological polar surface area (TPSA) is 38.3 Å². The molecular formula is C19H20ClNO2. The third kappa shape index (κ3) is 3.06. The molecule has 0 atom stereocenters. The van der Waals surface area contributed by atoms with Crippen LogP contribution in [0, 0.1) is 0 Å². The number of ether oxygens (including phenoxy) is 1. The minimum absolute atomic E-state index is 0.0382. The molecule has 23 heavy (non-hydrogen) atoms. The molecule has 0 bridgehead atoms. The molecule has 2 aromatic rings. The van der Waals surface area contributed by atoms with Crippen molar-refractivity contribution in [2.45, 2.75) is 24.7 Å². The maximum Gasteiger partial charge on any atom is 0.252 e. The van der Waals surface area contributed by atoms with Crippen molar-refractivity contribution in [2.75, 3.05) is 13.7 Å². The number of halogens is 1. The molecule has 0 heterocycles. The molecular weight excluding hydrogens is 310 g/mol. The first-order valence-electron chi connectivity index (χ1n) is 7.82. The van der Waals surface area contributed by atoms with Gasteiger partial charge in [0.1, 0.15) is 5.75 Å². The zero-order valence-corrected chi connectivity index (χ0v) is 13.9. The summed E-state index contributed by atoms with van der Waals surface area (Å²) in [7, 11) is 1.69. The summed E-state index contributed by atoms with van der Waals surface area (Å²) in [6.07, 6.45) is 3.27. The van der Waals surface area contributed by atoms with E-state index in [0.29, 0.717) is 17.1 Å². The van der Waals surface area contributed by atoms with Crippen LogP contribution in [0.1, 0.15) is 35.2 Å². The van der Waals surface area contributed by atoms with Gasteiger partial charge in [-0.2, -0.15) is 0 Å². The van der Waals surface area contributed by atoms with E-state index in [2.05, 4.69) is 11.4 Å². The molecule has 0 radical (unpaired) electrons. The van der Waals surface area contributed by atoms with E-state index in [1.165, 1.54) is 12.0 Å². The predicted molar refractivity (Wildman–Crippen MR) is 92.3 cm³/mol. The highest BCUT2D eigenvalue weighted by Gasteiger charge is 2.40. The summed E-state index contributed by atoms with van der Waals surface area (Å²) in [6, 6.07) is 15.2. The fraction of sp³-hybridized carbons (Fsp3) is 0.316. The van der Waals surface area contributed by atoms with Crippen LogP contribution in [0.4, 0.5) is 0 Å². The van der Waals surface area contributed by atoms with Gasteiger partial charge in [0.25, 0.3) is 5.91 Å². The first-order chi connectivity index (χ1) is 11.2. The lowest BCUT2D eigenvalue weighted by atomic mass is 9.64. The maximum atomic E-state index is 12.4. The number of carbonyl (C=O) groups excluding carboxylic acids is 1. The summed E-state index contributed by atoms with van der Waals surface area (Å²) in [5.41, 5.74) is 1.65. The monoisotopic (exact) mass is 329 g/mol. The Labute approximate surface area is 141 Å². The van der Waals surface area contributed by atoms with Gasteiger partial charge in [-0.25, -0.2) is 0 Å². The first kappa shape index (κ1) is 15.9. The lowest BCUT2D eigenvalue weighted by Gasteiger charge is -2.43. The van der Waals surface area contributed by atoms with Gasteiger partial charge in [0.2, 0.25) is 0 Å². The summed E-state index contributed by atoms with van der Waals surface area (Å²) in [6.45, 7) is 0.595. The minimum atomic E-state index is -0.128. The largest absolute Gasteiger partial charge is 0.496 e. The highest BCUT2D eigenvalue weighted by Crippen LogP contribution is 2.46. The van der Waals surface area contributed by atoms with E-state index in [1.54, 1.807) is 19.2 Å². The number of nitrogens with one attached hydrogen (secondary N) is 1. The number of benzene rings is 2. The summed E-state index contributed by atoms with van der Waals surface area (Å²) in [5, 5.41) is 3.53. The number of hydrogen-bond donors (Lipinski definition) is 1. The van der Waals surface area contributed by atoms with E-state index in [0.717, 1.165) is 18.6 Å². The Balaban J connectivity index is 1.78. The molecule has 0 unspecified atom stereocenters. The molecule has 0 spiro atoms. The van der Waals surface area contributed by atoms with Crippen LogP contribution < -0.4 is 10.1 Å². The fourth-order valence-corrected chi connectivity index (χ4v) is 3.44. The van der Waals surface area contributed by atoms with Crippen molar-refractivity contribution < 1.29 is 9.53 Å². The molecule has 3 rings (SSSR count). The van der Waals surface area contributed by atoms with Crippen LogP contribution >= 0.6 is 11.6 Å². The Morgan fingerprint density at radius 3 is 2.52 bits per heavy atom. The van der Waals surface area contributed by atoms with Crippen molar-refractivity contribution >= 4 is 17.5 Å². The van der Waals surface area contributed by atoms with Gasteiger partial charge in [0.15, 0.2) is 0 Å². The van der Waals surface area contributed by atoms with Crippen LogP contribution in [0.25, 0.3) is 0 Å². The Morgan fingerprint density at radius 2 is 1.87 bits per heavy atom. The number of carbonyl (C=O) groups is 1. The highest BCUT2D eigenvalue weighted by molar-refractivity contribution is 6.33. The van der Waals surface area contributed by atoms with Crippen molar-refractivity contribution in [1.29, 1.82) is 0 Å². The zero-order chi connectivity index (χ0) is 16.3. The van der Waals surface area contributed by atoms with Crippen LogP contribution in [-0.2, 0) is 5.41 Å². The van der Waals surface area contributed by atoms with Crippen molar-refractivity contribution in [3.8, 4) is 5.75 Å². The quantitative estimate of drug-likeness (QED) is 0.892. The van der Waals surface area contributed by atoms with Crippen LogP contribution in [0.5, 0.6) is 5.75 Å². The van der Waals surface area contributed by atoms with E-state index in [4.69, 9.17) is 16.3 Å². The van der Waals surface area contributed by atoms with Crippen molar-refractivity contribution in [1.82, 2.24) is 5.32 Å². The van der Waals surface area contributed by atoms with E-state index in [-0.39, 0.29) is 11.3 Å². The van der Waals surface area contributed by atoms with Crippen LogP contribution in [0.2, 0.25) is 5.02 Å². The van der Waals surface area contributed by atoms with Gasteiger partial charge in [0.05, 0.1) is 17.7 Å². The summed E-state index contributed by atoms with van der Waals surface area (Å²) in [5.74, 6) is 0.760. The Morgan fingerprint density at radius 1 is 1.17 bits per heavy atom. The molecule has 1 aliphatic rings. The zero-order valence-electron chi connectivity index (χ0n) is 13.1. The molecule has 1 aliphatic carbocycles. The molecule has 1 amide bonds. The van der Waals surface area contributed by atoms with Crippen molar-refractivity contribution in [3.05, 3.63) is 64.7 Å². The lowest BCUT2D eigenvalue weighted by molar-refractivity contribution is 0.0927. The summed E-state index contributed by atoms with van der Waals surface area (Å²) < 4.78 is 5.50. The normalized spacial score (nSPS) is 15.6. The van der Waals surface area contributed by atoms with Gasteiger partial charge in [-0.3, -0.25) is 4.79 Å². The van der Waals surface area contributed by atoms with Crippen molar-refractivity contribution in [2.24, 2.45) is 0 Å². The van der Waals surface area contributed by atoms with Gasteiger partial charge in [-0.05, 0) is 31.0 Å². The Kier molecular flexibility index (Phi) is 4.58. The van der Waals surface area contributed by atoms with Gasteiger partial charge in [-0.1, -0.05) is 48.4 Å². The third-order valence-electron chi connectivity index (χ3n) is 4.69. The average Bonchev–Trinajstić information content (AvgIpc) is 2.54. The molecule has 1 saturated carbocycles. The van der Waals surface area contributed by atoms with E-state index in [9.17, 15) is 4.79 Å². The van der Waals surface area contributed by atoms with E-state index in [1.807, 2.05) is 30.3 Å². The van der Waals surface area contributed by atoms with Crippen molar-refractivity contribution in [3.63, 3.8) is 0 Å². The number of hydrogen-bond acceptors (Lipinski definition) is 2. The molecule has 0 saturated heterocycles. The molecule has 1 N–H and O–H groups in total. The maximum absolute atomic E-state index is 12.4. The lowest BCUT2D eigenvalue weighted by Crippen LogP contribution is -2.45. The summed E-state index contributed by atoms with van der Waals surface area (Å²) >= 11 is 6.10. The average molecular weight is 330 g/mol. The molecule has 2 aromatic carbocycles. The standard InChI is InChI=1S/C19H20ClNO2/c1-23-17-10-5-3-8-15(17)19(11-6-12-19)13-21-18(22)14-7-2-4-9-16(14)20/h2-5,7-10H,6,11-13H2,1H3,(H,21,22). The molecule has 4 heteroatoms. The molecule has 120 valence electrons. The summed E-state index contributed by atoms with van der Waals surface area (Å²) in [4.78, 5) is 12.4. The predicted octanol–water partition coefficient (Wildman–Crippen LogP) is 4.20. The smallest absolute Gasteiger partial charge is 0.252 e. The van der Waals surface area contributed by atoms with Crippen LogP contribution in [-0.4, -0.2) is 19.6 Å². The Hall–Kier alpha value is -2.00. The van der Waals surface area contributed by atoms with E-state index < -0.39 is 0 Å². The minimum Gasteiger partial charge on any atom is -0.496 e. The second-order valence-corrected chi connectivity index (χ2v) is 6.40. The second kappa shape index (κ2) is 6.63. The molecule has 3 nitrogen and oxygen atoms in total. The SMILES string of the molecule is COc1ccccc1C1(CNC(=O)c2ccccc2Cl)CCC1. The highest BCUT2D eigenvalue weighted by atomic mass is 35.5. The second-order valence-electron chi connectivity index (χ2n) is 6.00. The van der Waals surface area contributed by atoms with Gasteiger partial charge in [-0.15, -0.1) is 0 Å². The molecule has 1 fully saturated rings. The van der Waals surface area contributed by atoms with Gasteiger partial charge >= 0.3 is 0 Å². The number of para-hydroxylation sites is 1. The Bertz CT molecular complexity index is 710. The van der Waals surface area contributed by atoms with Gasteiger partial charge < -0.3 is 10.1 Å². The third-order valence-corrected chi connectivity index (χ3v) is 5.02. The number of rotatable bonds is 5. The number of methoxy groups -OCH3 is 1. The molecule has 0 aromatic heterocycles. The van der Waals surface area contributed by atoms with Gasteiger partial charge in [0, 0.05) is 17.5 Å². The fourth-order valence-electron chi connectivity index (χ4n) is 3.22. The van der Waals surface area contributed by atoms with Crippen LogP contribution in [0.15, 0.2) is 48.5 Å². The molecule has 0 aliphatic heterocycles.